The minimum atomic E-state index is -4.41. The standard InChI is InChI=1S/C19H27BF3NO2/c1-13-8-6-7-9-24(13)16-11-14(19(21,22)23)10-15(12-16)20-25-17(2,3)18(4,5)26-20/h10-13H,6-9H2,1-5H3. The molecule has 0 amide bonds. The average molecular weight is 369 g/mol. The predicted molar refractivity (Wildman–Crippen MR) is 97.8 cm³/mol. The minimum Gasteiger partial charge on any atom is -0.399 e. The van der Waals surface area contributed by atoms with E-state index in [1.807, 2.05) is 27.7 Å². The molecule has 0 bridgehead atoms. The normalized spacial score (nSPS) is 25.6. The molecule has 1 unspecified atom stereocenters. The molecule has 1 aromatic carbocycles. The highest BCUT2D eigenvalue weighted by atomic mass is 19.4. The molecule has 144 valence electrons. The summed E-state index contributed by atoms with van der Waals surface area (Å²) in [6, 6.07) is 4.41. The molecule has 26 heavy (non-hydrogen) atoms. The van der Waals surface area contributed by atoms with Crippen LogP contribution in [0.4, 0.5) is 18.9 Å². The molecule has 0 spiro atoms. The lowest BCUT2D eigenvalue weighted by Gasteiger charge is -2.36. The Hall–Kier alpha value is -1.21. The first-order chi connectivity index (χ1) is 11.9. The van der Waals surface area contributed by atoms with Gasteiger partial charge in [-0.2, -0.15) is 13.2 Å². The van der Waals surface area contributed by atoms with Crippen molar-refractivity contribution in [1.82, 2.24) is 0 Å². The Bertz CT molecular complexity index is 659. The molecular weight excluding hydrogens is 342 g/mol. The van der Waals surface area contributed by atoms with Crippen molar-refractivity contribution in [2.75, 3.05) is 11.4 Å². The number of hydrogen-bond donors (Lipinski definition) is 0. The van der Waals surface area contributed by atoms with E-state index in [0.29, 0.717) is 11.2 Å². The number of benzene rings is 1. The summed E-state index contributed by atoms with van der Waals surface area (Å²) < 4.78 is 52.5. The zero-order valence-electron chi connectivity index (χ0n) is 16.1. The van der Waals surface area contributed by atoms with Gasteiger partial charge in [0.1, 0.15) is 0 Å². The second-order valence-corrected chi connectivity index (χ2v) is 8.44. The topological polar surface area (TPSA) is 21.7 Å². The van der Waals surface area contributed by atoms with Crippen LogP contribution in [0.1, 0.15) is 59.4 Å². The van der Waals surface area contributed by atoms with Gasteiger partial charge in [-0.1, -0.05) is 6.07 Å². The van der Waals surface area contributed by atoms with Gasteiger partial charge < -0.3 is 14.2 Å². The summed E-state index contributed by atoms with van der Waals surface area (Å²) in [5, 5.41) is 0. The van der Waals surface area contributed by atoms with Gasteiger partial charge in [0.2, 0.25) is 0 Å². The van der Waals surface area contributed by atoms with Gasteiger partial charge in [0, 0.05) is 18.3 Å². The first-order valence-electron chi connectivity index (χ1n) is 9.25. The molecule has 0 radical (unpaired) electrons. The van der Waals surface area contributed by atoms with E-state index in [1.165, 1.54) is 6.07 Å². The maximum absolute atomic E-state index is 13.5. The number of piperidine rings is 1. The summed E-state index contributed by atoms with van der Waals surface area (Å²) in [5.74, 6) is 0. The van der Waals surface area contributed by atoms with Crippen molar-refractivity contribution in [2.45, 2.75) is 77.3 Å². The quantitative estimate of drug-likeness (QED) is 0.722. The van der Waals surface area contributed by atoms with E-state index in [2.05, 4.69) is 11.8 Å². The Morgan fingerprint density at radius 3 is 2.19 bits per heavy atom. The monoisotopic (exact) mass is 369 g/mol. The van der Waals surface area contributed by atoms with E-state index < -0.39 is 30.1 Å². The Morgan fingerprint density at radius 1 is 1.04 bits per heavy atom. The molecule has 2 aliphatic rings. The summed E-state index contributed by atoms with van der Waals surface area (Å²) in [4.78, 5) is 2.06. The van der Waals surface area contributed by atoms with Crippen LogP contribution in [0.25, 0.3) is 0 Å². The van der Waals surface area contributed by atoms with Gasteiger partial charge in [-0.3, -0.25) is 0 Å². The second kappa shape index (κ2) is 6.45. The molecule has 2 heterocycles. The zero-order chi connectivity index (χ0) is 19.3. The number of anilines is 1. The Morgan fingerprint density at radius 2 is 1.65 bits per heavy atom. The highest BCUT2D eigenvalue weighted by Gasteiger charge is 2.52. The summed E-state index contributed by atoms with van der Waals surface area (Å²) in [5.41, 5.74) is -0.824. The Kier molecular flexibility index (Phi) is 4.85. The lowest BCUT2D eigenvalue weighted by atomic mass is 9.77. The highest BCUT2D eigenvalue weighted by molar-refractivity contribution is 6.62. The van der Waals surface area contributed by atoms with Crippen LogP contribution in [-0.4, -0.2) is 30.9 Å². The second-order valence-electron chi connectivity index (χ2n) is 8.44. The summed E-state index contributed by atoms with van der Waals surface area (Å²) in [6.45, 7) is 10.4. The van der Waals surface area contributed by atoms with Crippen molar-refractivity contribution < 1.29 is 22.5 Å². The van der Waals surface area contributed by atoms with E-state index in [0.717, 1.165) is 31.9 Å². The summed E-state index contributed by atoms with van der Waals surface area (Å²) in [6.07, 6.45) is -1.32. The number of nitrogens with zero attached hydrogens (tertiary/aromatic N) is 1. The summed E-state index contributed by atoms with van der Waals surface area (Å²) in [7, 11) is -0.804. The van der Waals surface area contributed by atoms with Crippen LogP contribution in [0.5, 0.6) is 0 Å². The predicted octanol–water partition coefficient (Wildman–Crippen LogP) is 4.38. The molecule has 0 aliphatic carbocycles. The Labute approximate surface area is 154 Å². The van der Waals surface area contributed by atoms with Crippen LogP contribution in [0.2, 0.25) is 0 Å². The van der Waals surface area contributed by atoms with Crippen LogP contribution >= 0.6 is 0 Å². The molecule has 1 atom stereocenters. The lowest BCUT2D eigenvalue weighted by Crippen LogP contribution is -2.41. The molecule has 3 rings (SSSR count). The number of halogens is 3. The van der Waals surface area contributed by atoms with Gasteiger partial charge in [-0.15, -0.1) is 0 Å². The summed E-state index contributed by atoms with van der Waals surface area (Å²) >= 11 is 0. The fourth-order valence-electron chi connectivity index (χ4n) is 3.56. The van der Waals surface area contributed by atoms with Crippen LogP contribution in [-0.2, 0) is 15.5 Å². The SMILES string of the molecule is CC1CCCCN1c1cc(B2OC(C)(C)C(C)(C)O2)cc(C(F)(F)F)c1. The third kappa shape index (κ3) is 3.61. The van der Waals surface area contributed by atoms with Gasteiger partial charge >= 0.3 is 13.3 Å². The van der Waals surface area contributed by atoms with E-state index in [4.69, 9.17) is 9.31 Å². The van der Waals surface area contributed by atoms with Crippen molar-refractivity contribution in [2.24, 2.45) is 0 Å². The number of hydrogen-bond acceptors (Lipinski definition) is 3. The highest BCUT2D eigenvalue weighted by Crippen LogP contribution is 2.38. The largest absolute Gasteiger partial charge is 0.494 e. The van der Waals surface area contributed by atoms with Crippen LogP contribution < -0.4 is 10.4 Å². The van der Waals surface area contributed by atoms with Crippen molar-refractivity contribution in [3.8, 4) is 0 Å². The molecule has 2 saturated heterocycles. The Balaban J connectivity index is 2.01. The van der Waals surface area contributed by atoms with Crippen molar-refractivity contribution >= 4 is 18.3 Å². The zero-order valence-corrected chi connectivity index (χ0v) is 16.1. The van der Waals surface area contributed by atoms with E-state index >= 15 is 0 Å². The molecule has 0 aromatic heterocycles. The molecule has 3 nitrogen and oxygen atoms in total. The van der Waals surface area contributed by atoms with Crippen molar-refractivity contribution in [1.29, 1.82) is 0 Å². The van der Waals surface area contributed by atoms with Gasteiger partial charge in [-0.25, -0.2) is 0 Å². The van der Waals surface area contributed by atoms with E-state index in [1.54, 1.807) is 6.07 Å². The first kappa shape index (κ1) is 19.6. The van der Waals surface area contributed by atoms with E-state index in [-0.39, 0.29) is 6.04 Å². The molecular formula is C19H27BF3NO2. The van der Waals surface area contributed by atoms with Gasteiger partial charge in [0.15, 0.2) is 0 Å². The average Bonchev–Trinajstić information content (AvgIpc) is 2.75. The fraction of sp³-hybridized carbons (Fsp3) is 0.684. The van der Waals surface area contributed by atoms with Crippen molar-refractivity contribution in [3.05, 3.63) is 23.8 Å². The molecule has 2 fully saturated rings. The van der Waals surface area contributed by atoms with Gasteiger partial charge in [-0.05, 0) is 71.5 Å². The van der Waals surface area contributed by atoms with E-state index in [9.17, 15) is 13.2 Å². The third-order valence-electron chi connectivity index (χ3n) is 5.93. The third-order valence-corrected chi connectivity index (χ3v) is 5.93. The van der Waals surface area contributed by atoms with Gasteiger partial charge in [0.25, 0.3) is 0 Å². The molecule has 7 heteroatoms. The van der Waals surface area contributed by atoms with Crippen LogP contribution in [0.15, 0.2) is 18.2 Å². The lowest BCUT2D eigenvalue weighted by molar-refractivity contribution is -0.137. The van der Waals surface area contributed by atoms with Crippen molar-refractivity contribution in [3.63, 3.8) is 0 Å². The minimum absolute atomic E-state index is 0.221. The van der Waals surface area contributed by atoms with Gasteiger partial charge in [0.05, 0.1) is 16.8 Å². The molecule has 0 saturated carbocycles. The first-order valence-corrected chi connectivity index (χ1v) is 9.25. The van der Waals surface area contributed by atoms with Crippen LogP contribution in [0, 0.1) is 0 Å². The fourth-order valence-corrected chi connectivity index (χ4v) is 3.56. The number of alkyl halides is 3. The maximum Gasteiger partial charge on any atom is 0.494 e. The smallest absolute Gasteiger partial charge is 0.399 e. The maximum atomic E-state index is 13.5. The molecule has 1 aromatic rings. The van der Waals surface area contributed by atoms with Crippen LogP contribution in [0.3, 0.4) is 0 Å². The molecule has 2 aliphatic heterocycles. The molecule has 0 N–H and O–H groups in total. The number of rotatable bonds is 2.